The predicted molar refractivity (Wildman–Crippen MR) is 293 cm³/mol. The molecule has 2 aliphatic heterocycles. The lowest BCUT2D eigenvalue weighted by Gasteiger charge is -2.38. The van der Waals surface area contributed by atoms with E-state index in [0.717, 1.165) is 38.5 Å². The summed E-state index contributed by atoms with van der Waals surface area (Å²) in [7, 11) is 0. The van der Waals surface area contributed by atoms with Crippen molar-refractivity contribution in [2.75, 3.05) is 26.3 Å². The summed E-state index contributed by atoms with van der Waals surface area (Å²) >= 11 is 0. The molecule has 20 nitrogen and oxygen atoms in total. The van der Waals surface area contributed by atoms with E-state index in [1.54, 1.807) is 77.7 Å². The molecule has 0 spiro atoms. The second-order valence-corrected chi connectivity index (χ2v) is 21.5. The molecule has 2 fully saturated rings. The van der Waals surface area contributed by atoms with E-state index in [1.807, 2.05) is 62.1 Å². The van der Waals surface area contributed by atoms with Gasteiger partial charge in [-0.2, -0.15) is 28.3 Å². The Morgan fingerprint density at radius 1 is 0.614 bits per heavy atom. The van der Waals surface area contributed by atoms with Crippen molar-refractivity contribution in [2.24, 2.45) is 11.8 Å². The molecule has 0 aliphatic carbocycles. The van der Waals surface area contributed by atoms with Gasteiger partial charge in [0.25, 0.3) is 13.5 Å². The van der Waals surface area contributed by atoms with Crippen LogP contribution >= 0.6 is 0 Å². The third-order valence-corrected chi connectivity index (χ3v) is 13.3. The number of hydrogen-bond donors (Lipinski definition) is 2. The van der Waals surface area contributed by atoms with Crippen molar-refractivity contribution in [1.82, 2.24) is 9.80 Å². The van der Waals surface area contributed by atoms with Crippen LogP contribution in [0.5, 0.6) is 0 Å². The Morgan fingerprint density at radius 2 is 1.00 bits per heavy atom. The molecule has 2 amide bonds. The zero-order valence-electron chi connectivity index (χ0n) is 47.9. The molecule has 83 heavy (non-hydrogen) atoms. The van der Waals surface area contributed by atoms with Crippen molar-refractivity contribution in [3.8, 4) is 0 Å². The second-order valence-electron chi connectivity index (χ2n) is 21.5. The summed E-state index contributed by atoms with van der Waals surface area (Å²) in [6, 6.07) is 27.1. The van der Waals surface area contributed by atoms with Crippen LogP contribution in [-0.2, 0) is 61.2 Å². The number of nitrogens with zero attached hydrogens (tertiary/aromatic N) is 4. The number of ketones is 2. The number of carboxylic acid groups (broad SMARTS) is 1. The Hall–Kier alpha value is -6.74. The Bertz CT molecular complexity index is 2680. The highest BCUT2D eigenvalue weighted by molar-refractivity contribution is 5.98. The number of esters is 1. The van der Waals surface area contributed by atoms with Gasteiger partial charge in [-0.05, 0) is 103 Å². The third-order valence-electron chi connectivity index (χ3n) is 13.3. The molecular formula is C61H82ClIN4O16. The fourth-order valence-electron chi connectivity index (χ4n) is 9.18. The van der Waals surface area contributed by atoms with E-state index >= 15 is 0 Å². The van der Waals surface area contributed by atoms with Gasteiger partial charge in [0.2, 0.25) is 0 Å². The number of piperidine rings is 2. The molecule has 2 N–H and O–H groups in total. The number of rotatable bonds is 19. The number of aliphatic hydroxyl groups is 1. The number of aliphatic carboxylic acids is 1. The molecule has 2 saturated heterocycles. The van der Waals surface area contributed by atoms with Gasteiger partial charge in [-0.3, -0.25) is 19.2 Å². The van der Waals surface area contributed by atoms with Gasteiger partial charge in [0.15, 0.2) is 36.4 Å². The number of carbonyl (C=O) groups excluding carboxylic acids is 9. The molecule has 4 aromatic rings. The number of amides is 2. The molecule has 2 aliphatic rings. The molecule has 6 atom stereocenters. The molecule has 456 valence electrons. The summed E-state index contributed by atoms with van der Waals surface area (Å²) < 4.78 is 25.9. The first-order valence-corrected chi connectivity index (χ1v) is 26.7. The fourth-order valence-corrected chi connectivity index (χ4v) is 9.18. The molecular weight excluding hydrogens is 1210 g/mol. The summed E-state index contributed by atoms with van der Waals surface area (Å²) in [4.78, 5) is 112. The second kappa shape index (κ2) is 38.9. The van der Waals surface area contributed by atoms with E-state index in [0.29, 0.717) is 24.2 Å². The number of carboxylic acids is 1. The first kappa shape index (κ1) is 76.3. The third kappa shape index (κ3) is 27.0. The van der Waals surface area contributed by atoms with Crippen molar-refractivity contribution in [3.05, 3.63) is 132 Å². The first-order valence-electron chi connectivity index (χ1n) is 26.7. The summed E-state index contributed by atoms with van der Waals surface area (Å²) in [6.45, 7) is 16.1. The minimum absolute atomic E-state index is 0. The molecule has 0 saturated carbocycles. The van der Waals surface area contributed by atoms with Crippen molar-refractivity contribution in [1.29, 1.82) is 0 Å². The van der Waals surface area contributed by atoms with Gasteiger partial charge in [-0.1, -0.05) is 81.9 Å². The number of halogens is 2. The van der Waals surface area contributed by atoms with Crippen LogP contribution in [0.25, 0.3) is 0 Å². The van der Waals surface area contributed by atoms with E-state index in [4.69, 9.17) is 48.3 Å². The van der Waals surface area contributed by atoms with Crippen molar-refractivity contribution in [3.63, 3.8) is 0 Å². The largest absolute Gasteiger partial charge is 1.00 e. The lowest BCUT2D eigenvalue weighted by molar-refractivity contribution is -0.727. The molecule has 2 aromatic heterocycles. The number of likely N-dealkylation sites (tertiary alicyclic amines) is 2. The van der Waals surface area contributed by atoms with Gasteiger partial charge in [0.1, 0.15) is 5.60 Å². The van der Waals surface area contributed by atoms with Crippen molar-refractivity contribution in [2.45, 2.75) is 163 Å². The smallest absolute Gasteiger partial charge is 0.414 e. The average molecular weight is 1290 g/mol. The van der Waals surface area contributed by atoms with Crippen LogP contribution in [0.3, 0.4) is 0 Å². The summed E-state index contributed by atoms with van der Waals surface area (Å²) in [5.74, 6) is -3.81. The molecule has 2 unspecified atom stereocenters. The predicted octanol–water partition coefficient (Wildman–Crippen LogP) is 2.54. The number of ether oxygens (including phenoxy) is 4. The van der Waals surface area contributed by atoms with E-state index in [2.05, 4.69) is 38.1 Å². The monoisotopic (exact) mass is 1290 g/mol. The van der Waals surface area contributed by atoms with Crippen LogP contribution in [0.2, 0.25) is 0 Å². The summed E-state index contributed by atoms with van der Waals surface area (Å²) in [5, 5.41) is 18.2. The topological polar surface area (TPSA) is 262 Å². The van der Waals surface area contributed by atoms with Gasteiger partial charge in [0, 0.05) is 62.0 Å². The highest BCUT2D eigenvalue weighted by Gasteiger charge is 2.35. The van der Waals surface area contributed by atoms with Crippen LogP contribution in [0.4, 0.5) is 9.59 Å². The number of hydrogen-bond acceptors (Lipinski definition) is 15. The van der Waals surface area contributed by atoms with E-state index in [-0.39, 0.29) is 125 Å². The minimum atomic E-state index is -1.22. The van der Waals surface area contributed by atoms with Gasteiger partial charge in [-0.25, -0.2) is 9.59 Å². The highest BCUT2D eigenvalue weighted by Crippen LogP contribution is 2.32. The van der Waals surface area contributed by atoms with E-state index < -0.39 is 53.5 Å². The summed E-state index contributed by atoms with van der Waals surface area (Å²) in [5.41, 5.74) is 1.96. The molecule has 0 radical (unpaired) electrons. The Kier molecular flexibility index (Phi) is 35.8. The SMILES string of the molecule is C.C[C@H](c1ccccc1)C1CCCCN1C(=O)OC[n+]1cccc(C(=O)C[C@@H](CO)C(=O)O)c1.C[C@H](c1ccccc1)C1CCCCN1C(=O)OC[n+]1cccc(C(=O)C[C@@H](COC(C)(C)C)C(=O)OC(C)(C)C)c1.O=C=O.O=C=O.[Cl-].[I-]. The van der Waals surface area contributed by atoms with Crippen LogP contribution in [0.1, 0.15) is 158 Å². The van der Waals surface area contributed by atoms with Gasteiger partial charge >= 0.3 is 36.4 Å². The lowest BCUT2D eigenvalue weighted by atomic mass is 9.87. The zero-order valence-corrected chi connectivity index (χ0v) is 50.8. The average Bonchev–Trinajstić information content (AvgIpc) is 3.58. The number of pyridine rings is 2. The number of aromatic nitrogens is 2. The van der Waals surface area contributed by atoms with Crippen LogP contribution in [-0.4, -0.2) is 118 Å². The van der Waals surface area contributed by atoms with Gasteiger partial charge in [-0.15, -0.1) is 0 Å². The van der Waals surface area contributed by atoms with E-state index in [9.17, 15) is 28.8 Å². The molecule has 4 heterocycles. The fraction of sp³-hybridized carbons (Fsp3) is 0.508. The highest BCUT2D eigenvalue weighted by atomic mass is 127. The molecule has 6 rings (SSSR count). The number of aliphatic hydroxyl groups excluding tert-OH is 1. The minimum Gasteiger partial charge on any atom is -1.00 e. The molecule has 2 aromatic carbocycles. The van der Waals surface area contributed by atoms with E-state index in [1.165, 1.54) is 17.3 Å². The quantitative estimate of drug-likeness (QED) is 0.0449. The normalized spacial score (nSPS) is 15.9. The van der Waals surface area contributed by atoms with Gasteiger partial charge < -0.3 is 75.3 Å². The first-order chi connectivity index (χ1) is 38.0. The molecule has 0 bridgehead atoms. The van der Waals surface area contributed by atoms with Crippen LogP contribution < -0.4 is 45.5 Å². The maximum atomic E-state index is 13.2. The van der Waals surface area contributed by atoms with Gasteiger partial charge in [0.05, 0.1) is 41.8 Å². The number of benzene rings is 2. The van der Waals surface area contributed by atoms with Crippen LogP contribution in [0.15, 0.2) is 110 Å². The number of Topliss-reactive ketones (excluding diaryl/α,β-unsaturated/α-hetero) is 2. The Morgan fingerprint density at radius 3 is 1.35 bits per heavy atom. The lowest BCUT2D eigenvalue weighted by Crippen LogP contribution is -3.00. The maximum absolute atomic E-state index is 13.2. The van der Waals surface area contributed by atoms with Crippen LogP contribution in [0, 0.1) is 11.8 Å². The Balaban J connectivity index is 0.00000145. The molecule has 22 heteroatoms. The maximum Gasteiger partial charge on any atom is 0.414 e. The van der Waals surface area contributed by atoms with Crippen molar-refractivity contribution >= 4 is 48.0 Å². The number of carbonyl (C=O) groups is 6. The zero-order chi connectivity index (χ0) is 59.4. The standard InChI is InChI=1S/C33H47N2O6.C25H30N2O6.2CO2.CH4.ClH.HI/c1-24(25-14-9-8-10-15-25)28-17-11-12-19-35(28)31(38)39-23-34-18-13-16-26(21-34)29(36)20-27(22-40-32(2,3)4)30(37)41-33(5,6)7;1-18(19-8-3-2-4-9-19)22-11-5-6-13-27(22)25(32)33-17-26-12-7-10-20(15-26)23(29)14-21(16-28)24(30)31;2*2-1-3;;;/h8-10,13-16,18,21,24,27-28H,11-12,17,19-20,22-23H2,1-7H3;2-4,7-10,12,15,18,21-22,28H,5-6,11,13-14,16-17H2,1H3;;;1H4;2*1H/q+1;;;;;;/p-1/t24-,27+,28?;18-,21+,22?;;;;;/m11...../s1. The Labute approximate surface area is 510 Å². The summed E-state index contributed by atoms with van der Waals surface area (Å²) in [6.07, 6.45) is 11.8. The van der Waals surface area contributed by atoms with Crippen molar-refractivity contribution < 1.29 is 123 Å².